The van der Waals surface area contributed by atoms with Gasteiger partial charge in [0.05, 0.1) is 5.69 Å². The van der Waals surface area contributed by atoms with E-state index in [1.807, 2.05) is 0 Å². The minimum absolute atomic E-state index is 0.619. The molecule has 1 N–H and O–H groups in total. The molecule has 2 fully saturated rings. The van der Waals surface area contributed by atoms with Crippen molar-refractivity contribution in [3.63, 3.8) is 0 Å². The fourth-order valence-electron chi connectivity index (χ4n) is 3.48. The van der Waals surface area contributed by atoms with Crippen LogP contribution in [0.5, 0.6) is 0 Å². The molecule has 1 aliphatic heterocycles. The summed E-state index contributed by atoms with van der Waals surface area (Å²) in [5.74, 6) is 2.13. The van der Waals surface area contributed by atoms with Gasteiger partial charge in [0, 0.05) is 49.8 Å². The van der Waals surface area contributed by atoms with Crippen molar-refractivity contribution in [2.75, 3.05) is 13.6 Å². The smallest absolute Gasteiger partial charge is 0.112 e. The summed E-state index contributed by atoms with van der Waals surface area (Å²) in [4.78, 5) is 7.54. The van der Waals surface area contributed by atoms with Crippen molar-refractivity contribution < 1.29 is 0 Å². The number of hydrogen-bond acceptors (Lipinski definition) is 3. The number of nitrogens with one attached hydrogen (secondary N) is 1. The van der Waals surface area contributed by atoms with Gasteiger partial charge in [0.1, 0.15) is 5.82 Å². The first-order valence-electron chi connectivity index (χ1n) is 8.25. The summed E-state index contributed by atoms with van der Waals surface area (Å²) < 4.78 is 2.58. The monoisotopic (exact) mass is 274 g/mol. The highest BCUT2D eigenvalue weighted by atomic mass is 15.2. The molecule has 20 heavy (non-hydrogen) atoms. The summed E-state index contributed by atoms with van der Waals surface area (Å²) in [7, 11) is 2.30. The van der Waals surface area contributed by atoms with Crippen molar-refractivity contribution in [2.24, 2.45) is 0 Å². The Morgan fingerprint density at radius 2 is 2.15 bits per heavy atom. The van der Waals surface area contributed by atoms with Crippen LogP contribution in [0.15, 0.2) is 0 Å². The van der Waals surface area contributed by atoms with Crippen LogP contribution in [-0.2, 0) is 19.5 Å². The highest BCUT2D eigenvalue weighted by Crippen LogP contribution is 2.41. The molecule has 0 bridgehead atoms. The van der Waals surface area contributed by atoms with Gasteiger partial charge < -0.3 is 9.88 Å². The van der Waals surface area contributed by atoms with Gasteiger partial charge in [-0.05, 0) is 39.7 Å². The molecule has 4 heteroatoms. The summed E-state index contributed by atoms with van der Waals surface area (Å²) in [6.45, 7) is 5.58. The molecule has 1 aromatic rings. The van der Waals surface area contributed by atoms with Gasteiger partial charge in [-0.25, -0.2) is 4.98 Å². The Morgan fingerprint density at radius 1 is 1.35 bits per heavy atom. The van der Waals surface area contributed by atoms with Crippen molar-refractivity contribution in [2.45, 2.75) is 70.1 Å². The third kappa shape index (κ3) is 2.29. The lowest BCUT2D eigenvalue weighted by Gasteiger charge is -2.27. The van der Waals surface area contributed by atoms with Crippen LogP contribution in [0.25, 0.3) is 0 Å². The summed E-state index contributed by atoms with van der Waals surface area (Å²) in [6.07, 6.45) is 6.62. The zero-order chi connectivity index (χ0) is 13.7. The van der Waals surface area contributed by atoms with Crippen LogP contribution in [0.3, 0.4) is 0 Å². The normalized spacial score (nSPS) is 23.9. The predicted molar refractivity (Wildman–Crippen MR) is 79.9 cm³/mol. The van der Waals surface area contributed by atoms with Crippen molar-refractivity contribution in [1.82, 2.24) is 19.8 Å². The molecule has 0 saturated heterocycles. The van der Waals surface area contributed by atoms with E-state index in [2.05, 4.69) is 28.8 Å². The molecule has 2 heterocycles. The van der Waals surface area contributed by atoms with Crippen molar-refractivity contribution in [3.8, 4) is 0 Å². The van der Waals surface area contributed by atoms with Gasteiger partial charge in [-0.15, -0.1) is 0 Å². The average Bonchev–Trinajstić information content (AvgIpc) is 3.36. The molecule has 110 valence electrons. The Bertz CT molecular complexity index is 499. The summed E-state index contributed by atoms with van der Waals surface area (Å²) in [5, 5.41) is 3.46. The van der Waals surface area contributed by atoms with Gasteiger partial charge in [0.2, 0.25) is 0 Å². The molecule has 0 amide bonds. The maximum atomic E-state index is 4.97. The second-order valence-corrected chi connectivity index (χ2v) is 6.92. The van der Waals surface area contributed by atoms with Crippen LogP contribution in [0.4, 0.5) is 0 Å². The number of likely N-dealkylation sites (N-methyl/N-ethyl adjacent to an activating group) is 1. The number of imidazole rings is 1. The van der Waals surface area contributed by atoms with E-state index in [1.165, 1.54) is 42.9 Å². The third-order valence-corrected chi connectivity index (χ3v) is 5.22. The lowest BCUT2D eigenvalue weighted by Crippen LogP contribution is -2.36. The van der Waals surface area contributed by atoms with Gasteiger partial charge in [-0.2, -0.15) is 0 Å². The van der Waals surface area contributed by atoms with Crippen LogP contribution < -0.4 is 5.32 Å². The highest BCUT2D eigenvalue weighted by molar-refractivity contribution is 5.24. The molecule has 1 unspecified atom stereocenters. The van der Waals surface area contributed by atoms with Crippen LogP contribution in [0.1, 0.15) is 55.7 Å². The second kappa shape index (κ2) is 4.85. The molecule has 0 aromatic carbocycles. The molecule has 3 aliphatic rings. The molecule has 4 rings (SSSR count). The van der Waals surface area contributed by atoms with Crippen molar-refractivity contribution in [1.29, 1.82) is 0 Å². The van der Waals surface area contributed by atoms with Crippen LogP contribution >= 0.6 is 0 Å². The van der Waals surface area contributed by atoms with Crippen LogP contribution in [-0.4, -0.2) is 40.1 Å². The fourth-order valence-corrected chi connectivity index (χ4v) is 3.48. The highest BCUT2D eigenvalue weighted by Gasteiger charge is 2.34. The first-order chi connectivity index (χ1) is 9.74. The van der Waals surface area contributed by atoms with Gasteiger partial charge in [0.25, 0.3) is 0 Å². The quantitative estimate of drug-likeness (QED) is 0.890. The summed E-state index contributed by atoms with van der Waals surface area (Å²) in [5.41, 5.74) is 2.83. The van der Waals surface area contributed by atoms with Crippen LogP contribution in [0.2, 0.25) is 0 Å². The molecular weight excluding hydrogens is 248 g/mol. The second-order valence-electron chi connectivity index (χ2n) is 6.92. The van der Waals surface area contributed by atoms with Gasteiger partial charge in [-0.3, -0.25) is 4.90 Å². The van der Waals surface area contributed by atoms with Gasteiger partial charge in [-0.1, -0.05) is 0 Å². The Hall–Kier alpha value is -0.870. The molecule has 0 radical (unpaired) electrons. The van der Waals surface area contributed by atoms with E-state index in [0.29, 0.717) is 6.04 Å². The number of nitrogens with zero attached hydrogens (tertiary/aromatic N) is 3. The standard InChI is InChI=1S/C16H26N4/c1-11(19(2)13-5-6-13)10-20-15-7-8-17-9-14(15)18-16(20)12-3-4-12/h11-13,17H,3-10H2,1-2H3. The van der Waals surface area contributed by atoms with E-state index in [9.17, 15) is 0 Å². The average molecular weight is 274 g/mol. The Morgan fingerprint density at radius 3 is 2.85 bits per heavy atom. The molecule has 0 spiro atoms. The first-order valence-corrected chi connectivity index (χ1v) is 8.25. The number of hydrogen-bond donors (Lipinski definition) is 1. The van der Waals surface area contributed by atoms with E-state index in [-0.39, 0.29) is 0 Å². The molecule has 2 aliphatic carbocycles. The topological polar surface area (TPSA) is 33.1 Å². The fraction of sp³-hybridized carbons (Fsp3) is 0.812. The minimum Gasteiger partial charge on any atom is -0.330 e. The van der Waals surface area contributed by atoms with Gasteiger partial charge >= 0.3 is 0 Å². The van der Waals surface area contributed by atoms with E-state index in [1.54, 1.807) is 0 Å². The molecule has 1 atom stereocenters. The first kappa shape index (κ1) is 12.8. The zero-order valence-corrected chi connectivity index (χ0v) is 12.7. The lowest BCUT2D eigenvalue weighted by atomic mass is 10.1. The summed E-state index contributed by atoms with van der Waals surface area (Å²) in [6, 6.07) is 1.46. The maximum Gasteiger partial charge on any atom is 0.112 e. The van der Waals surface area contributed by atoms with E-state index in [0.717, 1.165) is 38.0 Å². The zero-order valence-electron chi connectivity index (χ0n) is 12.7. The summed E-state index contributed by atoms with van der Waals surface area (Å²) >= 11 is 0. The third-order valence-electron chi connectivity index (χ3n) is 5.22. The minimum atomic E-state index is 0.619. The number of rotatable bonds is 5. The Labute approximate surface area is 121 Å². The maximum absolute atomic E-state index is 4.97. The number of aromatic nitrogens is 2. The lowest BCUT2D eigenvalue weighted by molar-refractivity contribution is 0.222. The molecule has 4 nitrogen and oxygen atoms in total. The van der Waals surface area contributed by atoms with E-state index >= 15 is 0 Å². The van der Waals surface area contributed by atoms with Crippen LogP contribution in [0, 0.1) is 0 Å². The van der Waals surface area contributed by atoms with Crippen molar-refractivity contribution in [3.05, 3.63) is 17.2 Å². The van der Waals surface area contributed by atoms with E-state index < -0.39 is 0 Å². The Balaban J connectivity index is 1.60. The molecule has 2 saturated carbocycles. The molecule has 1 aromatic heterocycles. The SMILES string of the molecule is CC(Cn1c(C2CC2)nc2c1CCNC2)N(C)C1CC1. The largest absolute Gasteiger partial charge is 0.330 e. The van der Waals surface area contributed by atoms with Gasteiger partial charge in [0.15, 0.2) is 0 Å². The number of fused-ring (bicyclic) bond motifs is 1. The molecular formula is C16H26N4. The Kier molecular flexibility index (Phi) is 3.11. The van der Waals surface area contributed by atoms with E-state index in [4.69, 9.17) is 4.98 Å². The predicted octanol–water partition coefficient (Wildman–Crippen LogP) is 1.89. The van der Waals surface area contributed by atoms with Crippen molar-refractivity contribution >= 4 is 0 Å².